The van der Waals surface area contributed by atoms with Gasteiger partial charge in [0.15, 0.2) is 0 Å². The quantitative estimate of drug-likeness (QED) is 0.487. The van der Waals surface area contributed by atoms with Crippen molar-refractivity contribution in [1.82, 2.24) is 0 Å². The Morgan fingerprint density at radius 2 is 1.85 bits per heavy atom. The Morgan fingerprint density at radius 3 is 2.35 bits per heavy atom. The Labute approximate surface area is 119 Å². The van der Waals surface area contributed by atoms with Gasteiger partial charge in [-0.15, -0.1) is 0 Å². The number of hydrogen-bond donors (Lipinski definition) is 4. The largest absolute Gasteiger partial charge is 0.398 e. The van der Waals surface area contributed by atoms with Crippen LogP contribution in [0.2, 0.25) is 0 Å². The zero-order chi connectivity index (χ0) is 15.3. The van der Waals surface area contributed by atoms with Crippen LogP contribution in [0.5, 0.6) is 0 Å². The molecule has 0 amide bonds. The van der Waals surface area contributed by atoms with Crippen molar-refractivity contribution in [2.24, 2.45) is 5.73 Å². The van der Waals surface area contributed by atoms with Crippen LogP contribution in [-0.2, 0) is 0 Å². The van der Waals surface area contributed by atoms with Crippen LogP contribution in [-0.4, -0.2) is 17.1 Å². The van der Waals surface area contributed by atoms with E-state index in [-0.39, 0.29) is 27.7 Å². The van der Waals surface area contributed by atoms with Crippen LogP contribution in [0.3, 0.4) is 0 Å². The Morgan fingerprint density at radius 1 is 1.20 bits per heavy atom. The van der Waals surface area contributed by atoms with Crippen LogP contribution in [0.25, 0.3) is 0 Å². The second kappa shape index (κ2) is 6.72. The van der Waals surface area contributed by atoms with Crippen molar-refractivity contribution in [3.8, 4) is 0 Å². The highest BCUT2D eigenvalue weighted by atomic mass is 35.5. The van der Waals surface area contributed by atoms with E-state index in [0.29, 0.717) is 6.07 Å². The molecular formula is C13H11ClF2N4. The number of rotatable bonds is 5. The van der Waals surface area contributed by atoms with Gasteiger partial charge in [0.05, 0.1) is 5.71 Å². The summed E-state index contributed by atoms with van der Waals surface area (Å²) in [6.07, 6.45) is 3.17. The fraction of sp³-hybridized carbons (Fsp3) is 0. The number of benzene rings is 1. The van der Waals surface area contributed by atoms with E-state index in [0.717, 1.165) is 24.4 Å². The Kier molecular flexibility index (Phi) is 5.28. The van der Waals surface area contributed by atoms with E-state index in [2.05, 4.69) is 0 Å². The van der Waals surface area contributed by atoms with Crippen LogP contribution >= 0.6 is 11.6 Å². The molecule has 0 atom stereocenters. The second-order valence-electron chi connectivity index (χ2n) is 3.69. The standard InChI is InChI=1S/C13H11ClF2N4/c14-12(19)4-3-11(18)9(6-17)13(20)8-2-1-7(15)5-10(8)16/h1-6,17,19-20H,18H2/b4-3-,11-9+,17-6?,19-12?,20-13?. The predicted molar refractivity (Wildman–Crippen MR) is 75.9 cm³/mol. The molecule has 7 heteroatoms. The van der Waals surface area contributed by atoms with Gasteiger partial charge in [-0.25, -0.2) is 8.78 Å². The minimum absolute atomic E-state index is 0.0286. The first-order valence-electron chi connectivity index (χ1n) is 5.33. The Balaban J connectivity index is 3.24. The second-order valence-corrected chi connectivity index (χ2v) is 4.10. The van der Waals surface area contributed by atoms with E-state index in [1.807, 2.05) is 0 Å². The average Bonchev–Trinajstić information content (AvgIpc) is 2.36. The van der Waals surface area contributed by atoms with E-state index in [1.54, 1.807) is 0 Å². The van der Waals surface area contributed by atoms with Gasteiger partial charge in [0.2, 0.25) is 0 Å². The van der Waals surface area contributed by atoms with Gasteiger partial charge in [0.25, 0.3) is 0 Å². The fourth-order valence-electron chi connectivity index (χ4n) is 1.39. The molecule has 0 fully saturated rings. The van der Waals surface area contributed by atoms with Crippen LogP contribution in [0.4, 0.5) is 8.78 Å². The maximum absolute atomic E-state index is 13.6. The lowest BCUT2D eigenvalue weighted by molar-refractivity contribution is 0.582. The maximum Gasteiger partial charge on any atom is 0.135 e. The van der Waals surface area contributed by atoms with E-state index < -0.39 is 11.6 Å². The van der Waals surface area contributed by atoms with Crippen molar-refractivity contribution in [3.63, 3.8) is 0 Å². The highest BCUT2D eigenvalue weighted by Crippen LogP contribution is 2.15. The van der Waals surface area contributed by atoms with E-state index in [4.69, 9.17) is 33.6 Å². The zero-order valence-corrected chi connectivity index (χ0v) is 10.9. The van der Waals surface area contributed by atoms with Crippen molar-refractivity contribution in [2.75, 3.05) is 0 Å². The third-order valence-electron chi connectivity index (χ3n) is 2.33. The molecule has 1 rings (SSSR count). The zero-order valence-electron chi connectivity index (χ0n) is 10.2. The van der Waals surface area contributed by atoms with Crippen molar-refractivity contribution in [3.05, 3.63) is 58.8 Å². The summed E-state index contributed by atoms with van der Waals surface area (Å²) in [4.78, 5) is 0. The predicted octanol–water partition coefficient (Wildman–Crippen LogP) is 2.97. The topological polar surface area (TPSA) is 97.6 Å². The van der Waals surface area contributed by atoms with Gasteiger partial charge in [0, 0.05) is 29.1 Å². The number of nitrogens with one attached hydrogen (secondary N) is 3. The third kappa shape index (κ3) is 3.83. The lowest BCUT2D eigenvalue weighted by atomic mass is 10.0. The molecule has 0 aliphatic carbocycles. The average molecular weight is 297 g/mol. The molecule has 5 N–H and O–H groups in total. The Bertz CT molecular complexity index is 635. The monoisotopic (exact) mass is 296 g/mol. The highest BCUT2D eigenvalue weighted by molar-refractivity contribution is 6.67. The van der Waals surface area contributed by atoms with Crippen LogP contribution in [0.15, 0.2) is 41.6 Å². The molecule has 104 valence electrons. The van der Waals surface area contributed by atoms with Crippen molar-refractivity contribution in [1.29, 1.82) is 16.2 Å². The van der Waals surface area contributed by atoms with Crippen LogP contribution < -0.4 is 5.73 Å². The summed E-state index contributed by atoms with van der Waals surface area (Å²) < 4.78 is 26.4. The summed E-state index contributed by atoms with van der Waals surface area (Å²) in [7, 11) is 0. The summed E-state index contributed by atoms with van der Waals surface area (Å²) in [6, 6.07) is 2.75. The molecule has 0 heterocycles. The molecule has 4 nitrogen and oxygen atoms in total. The normalized spacial score (nSPS) is 12.2. The van der Waals surface area contributed by atoms with Gasteiger partial charge in [0.1, 0.15) is 16.8 Å². The smallest absolute Gasteiger partial charge is 0.135 e. The number of nitrogens with two attached hydrogens (primary N) is 1. The molecule has 0 bridgehead atoms. The van der Waals surface area contributed by atoms with E-state index >= 15 is 0 Å². The molecule has 1 aromatic rings. The lowest BCUT2D eigenvalue weighted by Crippen LogP contribution is -2.13. The Hall–Kier alpha value is -2.34. The van der Waals surface area contributed by atoms with Gasteiger partial charge in [-0.1, -0.05) is 11.6 Å². The van der Waals surface area contributed by atoms with Gasteiger partial charge in [-0.05, 0) is 24.3 Å². The molecular weight excluding hydrogens is 286 g/mol. The molecule has 0 aromatic heterocycles. The first-order chi connectivity index (χ1) is 9.36. The summed E-state index contributed by atoms with van der Waals surface area (Å²) in [5, 5.41) is 21.8. The van der Waals surface area contributed by atoms with Crippen molar-refractivity contribution in [2.45, 2.75) is 0 Å². The van der Waals surface area contributed by atoms with Crippen molar-refractivity contribution < 1.29 is 8.78 Å². The van der Waals surface area contributed by atoms with Gasteiger partial charge >= 0.3 is 0 Å². The minimum atomic E-state index is -0.920. The van der Waals surface area contributed by atoms with Crippen molar-refractivity contribution >= 4 is 28.7 Å². The number of halogens is 3. The molecule has 0 unspecified atom stereocenters. The fourth-order valence-corrected chi connectivity index (χ4v) is 1.45. The lowest BCUT2D eigenvalue weighted by Gasteiger charge is -2.08. The molecule has 1 aromatic carbocycles. The summed E-state index contributed by atoms with van der Waals surface area (Å²) in [5.74, 6) is -1.68. The molecule has 0 saturated carbocycles. The van der Waals surface area contributed by atoms with Gasteiger partial charge < -0.3 is 11.1 Å². The molecule has 20 heavy (non-hydrogen) atoms. The molecule has 0 saturated heterocycles. The summed E-state index contributed by atoms with van der Waals surface area (Å²) in [6.45, 7) is 0. The molecule has 0 aliphatic rings. The molecule has 0 spiro atoms. The number of allylic oxidation sites excluding steroid dienone is 3. The first kappa shape index (κ1) is 15.7. The van der Waals surface area contributed by atoms with Gasteiger partial charge in [-0.3, -0.25) is 10.8 Å². The SMILES string of the molecule is N=C/C(C(=N)c1ccc(F)cc1F)=C(N)/C=C\C(=N)Cl. The minimum Gasteiger partial charge on any atom is -0.398 e. The first-order valence-corrected chi connectivity index (χ1v) is 5.71. The van der Waals surface area contributed by atoms with Gasteiger partial charge in [-0.2, -0.15) is 0 Å². The third-order valence-corrected chi connectivity index (χ3v) is 2.46. The van der Waals surface area contributed by atoms with E-state index in [9.17, 15) is 8.78 Å². The number of hydrogen-bond acceptors (Lipinski definition) is 4. The van der Waals surface area contributed by atoms with Crippen LogP contribution in [0, 0.1) is 27.9 Å². The molecule has 0 radical (unpaired) electrons. The maximum atomic E-state index is 13.6. The highest BCUT2D eigenvalue weighted by Gasteiger charge is 2.14. The van der Waals surface area contributed by atoms with Crippen LogP contribution in [0.1, 0.15) is 5.56 Å². The summed E-state index contributed by atoms with van der Waals surface area (Å²) in [5.41, 5.74) is 5.01. The molecule has 0 aliphatic heterocycles. The summed E-state index contributed by atoms with van der Waals surface area (Å²) >= 11 is 5.31. The van der Waals surface area contributed by atoms with E-state index in [1.165, 1.54) is 6.08 Å².